The average molecular weight is 667 g/mol. The molecule has 2 fully saturated rings. The normalized spacial score (nSPS) is 23.9. The highest BCUT2D eigenvalue weighted by molar-refractivity contribution is 6.31. The van der Waals surface area contributed by atoms with Gasteiger partial charge in [0.25, 0.3) is 17.7 Å². The number of nitrogens with zero attached hydrogens (tertiary/aromatic N) is 6. The summed E-state index contributed by atoms with van der Waals surface area (Å²) in [6.45, 7) is 4.76. The quantitative estimate of drug-likeness (QED) is 0.249. The van der Waals surface area contributed by atoms with Crippen LogP contribution in [-0.2, 0) is 14.4 Å². The molecular formula is C36H35ClN6O5. The highest BCUT2D eigenvalue weighted by Gasteiger charge is 2.55. The van der Waals surface area contributed by atoms with E-state index in [0.717, 1.165) is 58.1 Å². The lowest BCUT2D eigenvalue weighted by atomic mass is 9.77. The van der Waals surface area contributed by atoms with Crippen LogP contribution in [0.4, 0.5) is 5.69 Å². The molecule has 0 aromatic heterocycles. The smallest absolute Gasteiger partial charge is 0.264 e. The number of amides is 3. The molecule has 0 unspecified atom stereocenters. The van der Waals surface area contributed by atoms with Crippen LogP contribution in [-0.4, -0.2) is 65.3 Å². The summed E-state index contributed by atoms with van der Waals surface area (Å²) in [5, 5.41) is 16.6. The number of hydrogen-bond donors (Lipinski definition) is 0. The third-order valence-electron chi connectivity index (χ3n) is 9.06. The summed E-state index contributed by atoms with van der Waals surface area (Å²) in [4.78, 5) is 42.1. The first-order chi connectivity index (χ1) is 23.4. The molecule has 12 heteroatoms. The number of carbonyl (C=O) groups is 3. The number of rotatable bonds is 9. The number of fused-ring (bicyclic) bond motifs is 2. The first-order valence-electron chi connectivity index (χ1n) is 16.2. The van der Waals surface area contributed by atoms with E-state index in [9.17, 15) is 14.4 Å². The second-order valence-electron chi connectivity index (χ2n) is 12.0. The highest BCUT2D eigenvalue weighted by atomic mass is 35.5. The molecule has 3 aromatic carbocycles. The van der Waals surface area contributed by atoms with Crippen molar-refractivity contribution in [2.45, 2.75) is 51.2 Å². The van der Waals surface area contributed by atoms with Crippen LogP contribution in [0.3, 0.4) is 0 Å². The molecule has 1 aliphatic carbocycles. The van der Waals surface area contributed by atoms with E-state index >= 15 is 0 Å². The number of ether oxygens (including phenoxy) is 2. The number of anilines is 1. The Bertz CT molecular complexity index is 1810. The van der Waals surface area contributed by atoms with Gasteiger partial charge in [0.2, 0.25) is 0 Å². The zero-order valence-corrected chi connectivity index (χ0v) is 27.4. The molecular weight excluding hydrogens is 632 g/mol. The van der Waals surface area contributed by atoms with Crippen molar-refractivity contribution in [1.82, 2.24) is 10.0 Å². The summed E-state index contributed by atoms with van der Waals surface area (Å²) in [6.07, 6.45) is 4.78. The van der Waals surface area contributed by atoms with E-state index < -0.39 is 23.9 Å². The molecule has 11 nitrogen and oxygen atoms in total. The van der Waals surface area contributed by atoms with Gasteiger partial charge in [0.15, 0.2) is 12.1 Å². The summed E-state index contributed by atoms with van der Waals surface area (Å²) >= 11 is 6.02. The number of imide groups is 1. The van der Waals surface area contributed by atoms with Gasteiger partial charge in [-0.15, -0.1) is 0 Å². The summed E-state index contributed by atoms with van der Waals surface area (Å²) < 4.78 is 11.3. The minimum atomic E-state index is -1.03. The third-order valence-corrected chi connectivity index (χ3v) is 9.31. The fraction of sp³-hybridized carbons (Fsp3) is 0.333. The van der Waals surface area contributed by atoms with Crippen molar-refractivity contribution in [3.05, 3.63) is 94.5 Å². The topological polar surface area (TPSA) is 116 Å². The van der Waals surface area contributed by atoms with Gasteiger partial charge >= 0.3 is 0 Å². The molecule has 0 N–H and O–H groups in total. The predicted molar refractivity (Wildman–Crippen MR) is 181 cm³/mol. The zero-order valence-electron chi connectivity index (χ0n) is 26.7. The van der Waals surface area contributed by atoms with E-state index in [0.29, 0.717) is 23.9 Å². The van der Waals surface area contributed by atoms with Crippen molar-refractivity contribution in [1.29, 1.82) is 0 Å². The van der Waals surface area contributed by atoms with E-state index in [-0.39, 0.29) is 24.4 Å². The van der Waals surface area contributed by atoms with E-state index in [1.165, 1.54) is 10.0 Å². The molecule has 7 rings (SSSR count). The van der Waals surface area contributed by atoms with Crippen LogP contribution in [0.25, 0.3) is 6.08 Å². The third kappa shape index (κ3) is 5.83. The fourth-order valence-corrected chi connectivity index (χ4v) is 7.03. The van der Waals surface area contributed by atoms with Crippen LogP contribution in [0.15, 0.2) is 93.8 Å². The Balaban J connectivity index is 1.18. The summed E-state index contributed by atoms with van der Waals surface area (Å²) in [7, 11) is 0. The molecule has 3 heterocycles. The summed E-state index contributed by atoms with van der Waals surface area (Å²) in [5.41, 5.74) is 4.31. The molecule has 0 spiro atoms. The Labute approximate surface area is 283 Å². The van der Waals surface area contributed by atoms with Crippen molar-refractivity contribution >= 4 is 46.8 Å². The van der Waals surface area contributed by atoms with Crippen LogP contribution >= 0.6 is 11.6 Å². The predicted octanol–water partition coefficient (Wildman–Crippen LogP) is 6.25. The Hall–Kier alpha value is -5.03. The van der Waals surface area contributed by atoms with E-state index in [1.807, 2.05) is 62.4 Å². The Morgan fingerprint density at radius 2 is 1.56 bits per heavy atom. The fourth-order valence-electron chi connectivity index (χ4n) is 6.91. The number of benzene rings is 3. The van der Waals surface area contributed by atoms with Gasteiger partial charge in [-0.3, -0.25) is 19.4 Å². The SMILES string of the molecule is CCOc1ccc(/C=C2\CCC[C@H]3C2=NN(C(=O)CN2N=N[C@@H]4C(=O)N(c5ccc(Cl)cc5)C(=O)[C@@H]42)[C@@H]3c2ccc(OCC)cc2)cc1. The number of hydrogen-bond acceptors (Lipinski definition) is 9. The molecule has 3 amide bonds. The molecule has 4 aliphatic rings. The molecule has 246 valence electrons. The Kier molecular flexibility index (Phi) is 8.70. The van der Waals surface area contributed by atoms with E-state index in [1.54, 1.807) is 24.3 Å². The van der Waals surface area contributed by atoms with Gasteiger partial charge in [0.1, 0.15) is 18.0 Å². The first kappa shape index (κ1) is 31.6. The number of carbonyl (C=O) groups excluding carboxylic acids is 3. The minimum Gasteiger partial charge on any atom is -0.494 e. The minimum absolute atomic E-state index is 0.0300. The molecule has 3 aliphatic heterocycles. The summed E-state index contributed by atoms with van der Waals surface area (Å²) in [6, 6.07) is 19.7. The summed E-state index contributed by atoms with van der Waals surface area (Å²) in [5.74, 6) is 0.200. The number of halogens is 1. The van der Waals surface area contributed by atoms with Gasteiger partial charge < -0.3 is 9.47 Å². The van der Waals surface area contributed by atoms with Gasteiger partial charge in [0, 0.05) is 10.9 Å². The highest BCUT2D eigenvalue weighted by Crippen LogP contribution is 2.45. The maximum atomic E-state index is 14.2. The number of allylic oxidation sites excluding steroid dienone is 1. The molecule has 1 saturated heterocycles. The van der Waals surface area contributed by atoms with E-state index in [4.69, 9.17) is 26.2 Å². The lowest BCUT2D eigenvalue weighted by molar-refractivity contribution is -0.136. The first-order valence-corrected chi connectivity index (χ1v) is 16.6. The van der Waals surface area contributed by atoms with Crippen LogP contribution < -0.4 is 14.4 Å². The van der Waals surface area contributed by atoms with Gasteiger partial charge in [0.05, 0.1) is 30.7 Å². The van der Waals surface area contributed by atoms with Crippen LogP contribution in [0.1, 0.15) is 50.3 Å². The van der Waals surface area contributed by atoms with Gasteiger partial charge in [-0.1, -0.05) is 41.1 Å². The van der Waals surface area contributed by atoms with Crippen molar-refractivity contribution in [2.75, 3.05) is 24.7 Å². The van der Waals surface area contributed by atoms with Crippen molar-refractivity contribution in [3.63, 3.8) is 0 Å². The molecule has 3 aromatic rings. The molecule has 0 radical (unpaired) electrons. The largest absolute Gasteiger partial charge is 0.494 e. The maximum Gasteiger partial charge on any atom is 0.264 e. The van der Waals surface area contributed by atoms with Crippen LogP contribution in [0.5, 0.6) is 11.5 Å². The van der Waals surface area contributed by atoms with E-state index in [2.05, 4.69) is 16.4 Å². The lowest BCUT2D eigenvalue weighted by Gasteiger charge is -2.30. The monoisotopic (exact) mass is 666 g/mol. The standard InChI is InChI=1S/C36H35ClN6O5/c1-3-47-27-16-8-22(9-17-27)20-24-6-5-7-29-31(24)39-43(33(29)23-10-18-28(19-11-23)48-4-2)30(44)21-41-34-32(38-40-41)35(45)42(36(34)46)26-14-12-25(37)13-15-26/h8-20,29,32-34H,3-7,21H2,1-2H3/b24-20+/t29-,32-,33+,34+/m0/s1. The molecule has 4 atom stereocenters. The lowest BCUT2D eigenvalue weighted by Crippen LogP contribution is -2.45. The zero-order chi connectivity index (χ0) is 33.4. The second-order valence-corrected chi connectivity index (χ2v) is 12.5. The van der Waals surface area contributed by atoms with Crippen LogP contribution in [0, 0.1) is 5.92 Å². The number of hydrazone groups is 1. The van der Waals surface area contributed by atoms with Crippen LogP contribution in [0.2, 0.25) is 5.02 Å². The Morgan fingerprint density at radius 1 is 0.896 bits per heavy atom. The molecule has 1 saturated carbocycles. The Morgan fingerprint density at radius 3 is 2.23 bits per heavy atom. The van der Waals surface area contributed by atoms with Crippen molar-refractivity contribution in [2.24, 2.45) is 21.4 Å². The average Bonchev–Trinajstić information content (AvgIpc) is 3.76. The van der Waals surface area contributed by atoms with Crippen molar-refractivity contribution in [3.8, 4) is 11.5 Å². The van der Waals surface area contributed by atoms with Gasteiger partial charge in [-0.2, -0.15) is 10.2 Å². The molecule has 48 heavy (non-hydrogen) atoms. The second kappa shape index (κ2) is 13.2. The molecule has 0 bridgehead atoms. The van der Waals surface area contributed by atoms with Crippen molar-refractivity contribution < 1.29 is 23.9 Å². The maximum absolute atomic E-state index is 14.2. The van der Waals surface area contributed by atoms with Gasteiger partial charge in [-0.25, -0.2) is 9.91 Å². The van der Waals surface area contributed by atoms with Gasteiger partial charge in [-0.05, 0) is 104 Å².